The first-order valence-corrected chi connectivity index (χ1v) is 10.9. The van der Waals surface area contributed by atoms with E-state index in [-0.39, 0.29) is 17.9 Å². The number of fused-ring (bicyclic) bond motifs is 1. The monoisotopic (exact) mass is 453 g/mol. The summed E-state index contributed by atoms with van der Waals surface area (Å²) in [6, 6.07) is 10.4. The van der Waals surface area contributed by atoms with Gasteiger partial charge in [-0.3, -0.25) is 4.79 Å². The van der Waals surface area contributed by atoms with Crippen LogP contribution in [0.5, 0.6) is 0 Å². The summed E-state index contributed by atoms with van der Waals surface area (Å²) in [6.07, 6.45) is 6.65. The van der Waals surface area contributed by atoms with Crippen molar-refractivity contribution in [1.82, 2.24) is 9.97 Å². The molecule has 6 nitrogen and oxygen atoms in total. The van der Waals surface area contributed by atoms with Gasteiger partial charge >= 0.3 is 0 Å². The highest BCUT2D eigenvalue weighted by Gasteiger charge is 2.44. The zero-order valence-electron chi connectivity index (χ0n) is 16.1. The van der Waals surface area contributed by atoms with Gasteiger partial charge in [-0.2, -0.15) is 0 Å². The molecule has 1 saturated carbocycles. The minimum absolute atomic E-state index is 0.0225. The van der Waals surface area contributed by atoms with E-state index < -0.39 is 0 Å². The number of nitrogens with one attached hydrogen (secondary N) is 2. The van der Waals surface area contributed by atoms with E-state index >= 15 is 0 Å². The highest BCUT2D eigenvalue weighted by atomic mass is 79.9. The molecule has 150 valence electrons. The Bertz CT molecular complexity index is 1050. The van der Waals surface area contributed by atoms with Gasteiger partial charge in [0.1, 0.15) is 5.65 Å². The van der Waals surface area contributed by atoms with Crippen molar-refractivity contribution in [3.8, 4) is 0 Å². The molecule has 1 aliphatic carbocycles. The predicted molar refractivity (Wildman–Crippen MR) is 119 cm³/mol. The summed E-state index contributed by atoms with van der Waals surface area (Å²) in [5, 5.41) is 4.10. The Kier molecular flexibility index (Phi) is 4.80. The minimum atomic E-state index is 0.0225. The molecule has 0 spiro atoms. The Labute approximate surface area is 178 Å². The smallest absolute Gasteiger partial charge is 0.228 e. The summed E-state index contributed by atoms with van der Waals surface area (Å²) in [5.74, 6) is 0.404. The molecule has 2 aliphatic rings. The van der Waals surface area contributed by atoms with E-state index in [1.807, 2.05) is 30.6 Å². The number of anilines is 2. The number of benzene rings is 1. The van der Waals surface area contributed by atoms with Gasteiger partial charge in [0.15, 0.2) is 0 Å². The zero-order valence-corrected chi connectivity index (χ0v) is 17.7. The van der Waals surface area contributed by atoms with Gasteiger partial charge in [-0.1, -0.05) is 30.3 Å². The van der Waals surface area contributed by atoms with Crippen molar-refractivity contribution in [2.75, 3.05) is 23.3 Å². The number of H-pyrrole nitrogens is 1. The number of carbonyl (C=O) groups excluding carboxylic acids is 1. The third-order valence-corrected chi connectivity index (χ3v) is 6.60. The summed E-state index contributed by atoms with van der Waals surface area (Å²) < 4.78 is 0.919. The van der Waals surface area contributed by atoms with Gasteiger partial charge < -0.3 is 20.9 Å². The first kappa shape index (κ1) is 18.6. The Balaban J connectivity index is 1.42. The van der Waals surface area contributed by atoms with Crippen LogP contribution in [0.3, 0.4) is 0 Å². The molecule has 3 heterocycles. The molecule has 3 aromatic rings. The molecule has 2 aromatic heterocycles. The average Bonchev–Trinajstić information content (AvgIpc) is 3.44. The van der Waals surface area contributed by atoms with E-state index in [4.69, 9.17) is 5.73 Å². The number of amides is 1. The van der Waals surface area contributed by atoms with E-state index in [1.54, 1.807) is 0 Å². The standard InChI is InChI=1S/C22H24BrN5O/c23-17-10-25-21-19(20(17)28-8-4-7-14(24)12-28)18(11-26-21)27-22(29)16-9-15(16)13-5-2-1-3-6-13/h1-3,5-6,10-11,14-16H,4,7-9,12,24H2,(H,25,26)(H,27,29). The van der Waals surface area contributed by atoms with Crippen LogP contribution in [-0.4, -0.2) is 35.0 Å². The molecule has 7 heteroatoms. The summed E-state index contributed by atoms with van der Waals surface area (Å²) >= 11 is 3.67. The van der Waals surface area contributed by atoms with E-state index in [2.05, 4.69) is 48.2 Å². The number of halogens is 1. The van der Waals surface area contributed by atoms with Crippen molar-refractivity contribution < 1.29 is 4.79 Å². The molecular weight excluding hydrogens is 430 g/mol. The van der Waals surface area contributed by atoms with Crippen LogP contribution in [-0.2, 0) is 4.79 Å². The van der Waals surface area contributed by atoms with Crippen molar-refractivity contribution in [3.63, 3.8) is 0 Å². The molecule has 1 amide bonds. The fraction of sp³-hybridized carbons (Fsp3) is 0.364. The summed E-state index contributed by atoms with van der Waals surface area (Å²) in [7, 11) is 0. The van der Waals surface area contributed by atoms with Gasteiger partial charge in [0.2, 0.25) is 5.91 Å². The maximum absolute atomic E-state index is 12.9. The third-order valence-electron chi connectivity index (χ3n) is 6.02. The second-order valence-electron chi connectivity index (χ2n) is 8.08. The molecule has 1 aromatic carbocycles. The largest absolute Gasteiger partial charge is 0.368 e. The van der Waals surface area contributed by atoms with Crippen LogP contribution in [0.4, 0.5) is 11.4 Å². The molecule has 1 aliphatic heterocycles. The maximum Gasteiger partial charge on any atom is 0.228 e. The van der Waals surface area contributed by atoms with Crippen molar-refractivity contribution in [2.45, 2.75) is 31.2 Å². The highest BCUT2D eigenvalue weighted by Crippen LogP contribution is 2.48. The van der Waals surface area contributed by atoms with Gasteiger partial charge in [0.25, 0.3) is 0 Å². The lowest BCUT2D eigenvalue weighted by atomic mass is 10.1. The number of piperidine rings is 1. The second kappa shape index (κ2) is 7.46. The maximum atomic E-state index is 12.9. The molecule has 0 radical (unpaired) electrons. The Morgan fingerprint density at radius 1 is 1.31 bits per heavy atom. The van der Waals surface area contributed by atoms with E-state index in [1.165, 1.54) is 5.56 Å². The molecule has 3 unspecified atom stereocenters. The number of nitrogens with two attached hydrogens (primary N) is 1. The zero-order chi connectivity index (χ0) is 20.0. The molecule has 3 atom stereocenters. The number of hydrogen-bond acceptors (Lipinski definition) is 4. The Morgan fingerprint density at radius 2 is 2.14 bits per heavy atom. The lowest BCUT2D eigenvalue weighted by Crippen LogP contribution is -2.43. The molecule has 4 N–H and O–H groups in total. The topological polar surface area (TPSA) is 87.0 Å². The van der Waals surface area contributed by atoms with Gasteiger partial charge in [0, 0.05) is 37.4 Å². The van der Waals surface area contributed by atoms with Crippen molar-refractivity contribution in [3.05, 3.63) is 52.8 Å². The lowest BCUT2D eigenvalue weighted by molar-refractivity contribution is -0.117. The summed E-state index contributed by atoms with van der Waals surface area (Å²) in [4.78, 5) is 22.9. The van der Waals surface area contributed by atoms with Crippen LogP contribution in [0.2, 0.25) is 0 Å². The number of hydrogen-bond donors (Lipinski definition) is 3. The SMILES string of the molecule is NC1CCCN(c2c(Br)cnc3[nH]cc(NC(=O)C4CC4c4ccccc4)c23)C1. The minimum Gasteiger partial charge on any atom is -0.368 e. The number of rotatable bonds is 4. The van der Waals surface area contributed by atoms with Crippen LogP contribution >= 0.6 is 15.9 Å². The molecule has 1 saturated heterocycles. The first-order valence-electron chi connectivity index (χ1n) is 10.1. The van der Waals surface area contributed by atoms with Gasteiger partial charge in [0.05, 0.1) is 21.2 Å². The average molecular weight is 454 g/mol. The number of aromatic nitrogens is 2. The molecule has 5 rings (SSSR count). The number of carbonyl (C=O) groups is 1. The molecule has 0 bridgehead atoms. The van der Waals surface area contributed by atoms with Crippen LogP contribution in [0.25, 0.3) is 11.0 Å². The number of pyridine rings is 1. The van der Waals surface area contributed by atoms with E-state index in [0.29, 0.717) is 5.92 Å². The molecule has 29 heavy (non-hydrogen) atoms. The first-order chi connectivity index (χ1) is 14.1. The van der Waals surface area contributed by atoms with Gasteiger partial charge in [-0.05, 0) is 46.7 Å². The lowest BCUT2D eigenvalue weighted by Gasteiger charge is -2.33. The fourth-order valence-corrected chi connectivity index (χ4v) is 5.01. The Morgan fingerprint density at radius 3 is 2.93 bits per heavy atom. The third kappa shape index (κ3) is 3.53. The van der Waals surface area contributed by atoms with Crippen LogP contribution in [0.15, 0.2) is 47.2 Å². The van der Waals surface area contributed by atoms with Crippen molar-refractivity contribution >= 4 is 44.2 Å². The summed E-state index contributed by atoms with van der Waals surface area (Å²) in [5.41, 5.74) is 10.1. The van der Waals surface area contributed by atoms with Crippen LogP contribution in [0, 0.1) is 5.92 Å². The van der Waals surface area contributed by atoms with E-state index in [0.717, 1.165) is 59.2 Å². The van der Waals surface area contributed by atoms with Crippen molar-refractivity contribution in [2.24, 2.45) is 11.7 Å². The fourth-order valence-electron chi connectivity index (χ4n) is 4.46. The quantitative estimate of drug-likeness (QED) is 0.557. The predicted octanol–water partition coefficient (Wildman–Crippen LogP) is 4.00. The van der Waals surface area contributed by atoms with Crippen molar-refractivity contribution in [1.29, 1.82) is 0 Å². The number of aromatic amines is 1. The molecule has 2 fully saturated rings. The highest BCUT2D eigenvalue weighted by molar-refractivity contribution is 9.10. The second-order valence-corrected chi connectivity index (χ2v) is 8.93. The van der Waals surface area contributed by atoms with Gasteiger partial charge in [-0.25, -0.2) is 4.98 Å². The van der Waals surface area contributed by atoms with Crippen LogP contribution in [0.1, 0.15) is 30.7 Å². The number of nitrogens with zero attached hydrogens (tertiary/aromatic N) is 2. The van der Waals surface area contributed by atoms with Crippen LogP contribution < -0.4 is 16.0 Å². The summed E-state index contributed by atoms with van der Waals surface area (Å²) in [6.45, 7) is 1.75. The van der Waals surface area contributed by atoms with E-state index in [9.17, 15) is 4.79 Å². The van der Waals surface area contributed by atoms with Gasteiger partial charge in [-0.15, -0.1) is 0 Å². The normalized spacial score (nSPS) is 23.9. The Hall–Kier alpha value is -2.38. The molecular formula is C22H24BrN5O.